The Hall–Kier alpha value is -1.59. The first-order valence-corrected chi connectivity index (χ1v) is 5.20. The molecule has 0 aromatic carbocycles. The maximum atomic E-state index is 11.1. The highest BCUT2D eigenvalue weighted by Gasteiger charge is 2.25. The molecule has 0 saturated carbocycles. The van der Waals surface area contributed by atoms with E-state index >= 15 is 0 Å². The SMILES string of the molecule is CC(C)c1noc(NCC(C)(C)C(N)=O)n1. The van der Waals surface area contributed by atoms with E-state index in [9.17, 15) is 4.79 Å². The molecule has 6 heteroatoms. The van der Waals surface area contributed by atoms with Gasteiger partial charge in [0.2, 0.25) is 5.91 Å². The molecule has 1 amide bonds. The lowest BCUT2D eigenvalue weighted by atomic mass is 9.93. The minimum absolute atomic E-state index is 0.212. The molecule has 0 aliphatic rings. The number of hydrogen-bond acceptors (Lipinski definition) is 5. The van der Waals surface area contributed by atoms with Gasteiger partial charge in [-0.15, -0.1) is 0 Å². The Balaban J connectivity index is 2.58. The van der Waals surface area contributed by atoms with E-state index in [0.29, 0.717) is 18.4 Å². The van der Waals surface area contributed by atoms with Crippen LogP contribution in [-0.4, -0.2) is 22.6 Å². The minimum atomic E-state index is -0.646. The molecule has 0 radical (unpaired) electrons. The van der Waals surface area contributed by atoms with Gasteiger partial charge in [0.05, 0.1) is 5.41 Å². The number of nitrogens with two attached hydrogens (primary N) is 1. The summed E-state index contributed by atoms with van der Waals surface area (Å²) in [7, 11) is 0. The molecule has 0 aliphatic heterocycles. The van der Waals surface area contributed by atoms with E-state index in [1.165, 1.54) is 0 Å². The van der Waals surface area contributed by atoms with Gasteiger partial charge in [-0.25, -0.2) is 0 Å². The normalized spacial score (nSPS) is 11.8. The molecule has 0 unspecified atom stereocenters. The number of primary amides is 1. The van der Waals surface area contributed by atoms with Crippen molar-refractivity contribution in [3.8, 4) is 0 Å². The standard InChI is InChI=1S/C10H18N4O2/c1-6(2)7-13-9(16-14-7)12-5-10(3,4)8(11)15/h6H,5H2,1-4H3,(H2,11,15)(H,12,13,14). The maximum Gasteiger partial charge on any atom is 0.321 e. The lowest BCUT2D eigenvalue weighted by Gasteiger charge is -2.19. The third-order valence-corrected chi connectivity index (χ3v) is 2.31. The van der Waals surface area contributed by atoms with Crippen molar-refractivity contribution in [2.75, 3.05) is 11.9 Å². The number of nitrogens with zero attached hydrogens (tertiary/aromatic N) is 2. The van der Waals surface area contributed by atoms with Crippen LogP contribution < -0.4 is 11.1 Å². The fourth-order valence-corrected chi connectivity index (χ4v) is 0.925. The molecule has 1 heterocycles. The molecular weight excluding hydrogens is 208 g/mol. The van der Waals surface area contributed by atoms with E-state index in [0.717, 1.165) is 0 Å². The highest BCUT2D eigenvalue weighted by atomic mass is 16.5. The van der Waals surface area contributed by atoms with E-state index in [1.807, 2.05) is 13.8 Å². The average molecular weight is 226 g/mol. The Morgan fingerprint density at radius 1 is 1.56 bits per heavy atom. The lowest BCUT2D eigenvalue weighted by Crippen LogP contribution is -2.37. The second kappa shape index (κ2) is 4.51. The molecule has 0 spiro atoms. The molecule has 0 bridgehead atoms. The van der Waals surface area contributed by atoms with Crippen molar-refractivity contribution < 1.29 is 9.32 Å². The average Bonchev–Trinajstić information content (AvgIpc) is 2.63. The van der Waals surface area contributed by atoms with Gasteiger partial charge in [0, 0.05) is 12.5 Å². The predicted octanol–water partition coefficient (Wildman–Crippen LogP) is 1.12. The number of rotatable bonds is 5. The lowest BCUT2D eigenvalue weighted by molar-refractivity contribution is -0.125. The van der Waals surface area contributed by atoms with Gasteiger partial charge in [-0.2, -0.15) is 4.98 Å². The first-order chi connectivity index (χ1) is 7.33. The quantitative estimate of drug-likeness (QED) is 0.784. The van der Waals surface area contributed by atoms with Crippen molar-refractivity contribution in [1.29, 1.82) is 0 Å². The molecule has 1 aromatic heterocycles. The largest absolute Gasteiger partial charge is 0.369 e. The summed E-state index contributed by atoms with van der Waals surface area (Å²) in [6.07, 6.45) is 0. The smallest absolute Gasteiger partial charge is 0.321 e. The molecule has 1 aromatic rings. The molecular formula is C10H18N4O2. The van der Waals surface area contributed by atoms with Gasteiger partial charge < -0.3 is 15.6 Å². The predicted molar refractivity (Wildman–Crippen MR) is 59.9 cm³/mol. The monoisotopic (exact) mass is 226 g/mol. The molecule has 0 saturated heterocycles. The first kappa shape index (κ1) is 12.5. The molecule has 1 rings (SSSR count). The van der Waals surface area contributed by atoms with E-state index in [1.54, 1.807) is 13.8 Å². The summed E-state index contributed by atoms with van der Waals surface area (Å²) in [5.74, 6) is 0.478. The van der Waals surface area contributed by atoms with Gasteiger partial charge in [0.25, 0.3) is 0 Å². The fourth-order valence-electron chi connectivity index (χ4n) is 0.925. The molecule has 0 aliphatic carbocycles. The summed E-state index contributed by atoms with van der Waals surface area (Å²) in [6, 6.07) is 0.318. The van der Waals surface area contributed by atoms with Crippen molar-refractivity contribution in [2.45, 2.75) is 33.6 Å². The van der Waals surface area contributed by atoms with Gasteiger partial charge in [0.15, 0.2) is 5.82 Å². The van der Waals surface area contributed by atoms with Gasteiger partial charge in [0.1, 0.15) is 0 Å². The number of amides is 1. The number of carbonyl (C=O) groups excluding carboxylic acids is 1. The summed E-state index contributed by atoms with van der Waals surface area (Å²) in [6.45, 7) is 7.82. The molecule has 0 atom stereocenters. The van der Waals surface area contributed by atoms with E-state index in [-0.39, 0.29) is 11.8 Å². The van der Waals surface area contributed by atoms with Crippen molar-refractivity contribution in [3.05, 3.63) is 5.82 Å². The molecule has 6 nitrogen and oxygen atoms in total. The zero-order chi connectivity index (χ0) is 12.3. The zero-order valence-electron chi connectivity index (χ0n) is 10.1. The summed E-state index contributed by atoms with van der Waals surface area (Å²) < 4.78 is 4.98. The van der Waals surface area contributed by atoms with Crippen LogP contribution in [0.5, 0.6) is 0 Å². The van der Waals surface area contributed by atoms with Crippen LogP contribution in [-0.2, 0) is 4.79 Å². The molecule has 16 heavy (non-hydrogen) atoms. The van der Waals surface area contributed by atoms with Crippen LogP contribution >= 0.6 is 0 Å². The van der Waals surface area contributed by atoms with Crippen LogP contribution in [0.2, 0.25) is 0 Å². The van der Waals surface area contributed by atoms with Crippen LogP contribution in [0.15, 0.2) is 4.52 Å². The van der Waals surface area contributed by atoms with E-state index < -0.39 is 5.41 Å². The van der Waals surface area contributed by atoms with E-state index in [4.69, 9.17) is 10.3 Å². The highest BCUT2D eigenvalue weighted by Crippen LogP contribution is 2.17. The zero-order valence-corrected chi connectivity index (χ0v) is 10.1. The Bertz CT molecular complexity index is 371. The van der Waals surface area contributed by atoms with E-state index in [2.05, 4.69) is 15.5 Å². The Labute approximate surface area is 94.6 Å². The number of carbonyl (C=O) groups is 1. The van der Waals surface area contributed by atoms with Crippen molar-refractivity contribution in [2.24, 2.45) is 11.1 Å². The second-order valence-corrected chi connectivity index (χ2v) is 4.71. The first-order valence-electron chi connectivity index (χ1n) is 5.20. The maximum absolute atomic E-state index is 11.1. The van der Waals surface area contributed by atoms with Gasteiger partial charge in [-0.3, -0.25) is 4.79 Å². The molecule has 90 valence electrons. The van der Waals surface area contributed by atoms with Crippen LogP contribution in [0.1, 0.15) is 39.4 Å². The Kier molecular flexibility index (Phi) is 3.51. The summed E-state index contributed by atoms with van der Waals surface area (Å²) in [5.41, 5.74) is 4.60. The van der Waals surface area contributed by atoms with Crippen molar-refractivity contribution in [3.63, 3.8) is 0 Å². The Morgan fingerprint density at radius 2 is 2.19 bits per heavy atom. The van der Waals surface area contributed by atoms with Gasteiger partial charge in [-0.05, 0) is 13.8 Å². The highest BCUT2D eigenvalue weighted by molar-refractivity contribution is 5.80. The molecule has 3 N–H and O–H groups in total. The van der Waals surface area contributed by atoms with Crippen LogP contribution in [0.25, 0.3) is 0 Å². The number of nitrogens with one attached hydrogen (secondary N) is 1. The van der Waals surface area contributed by atoms with Gasteiger partial charge in [-0.1, -0.05) is 19.0 Å². The number of aromatic nitrogens is 2. The van der Waals surface area contributed by atoms with Crippen LogP contribution in [0.4, 0.5) is 6.01 Å². The summed E-state index contributed by atoms with van der Waals surface area (Å²) >= 11 is 0. The van der Waals surface area contributed by atoms with Crippen molar-refractivity contribution >= 4 is 11.9 Å². The number of hydrogen-bond donors (Lipinski definition) is 2. The van der Waals surface area contributed by atoms with Crippen LogP contribution in [0, 0.1) is 5.41 Å². The van der Waals surface area contributed by atoms with Crippen molar-refractivity contribution in [1.82, 2.24) is 10.1 Å². The Morgan fingerprint density at radius 3 is 2.62 bits per heavy atom. The topological polar surface area (TPSA) is 94.0 Å². The second-order valence-electron chi connectivity index (χ2n) is 4.71. The fraction of sp³-hybridized carbons (Fsp3) is 0.700. The summed E-state index contributed by atoms with van der Waals surface area (Å²) in [5, 5.41) is 6.70. The summed E-state index contributed by atoms with van der Waals surface area (Å²) in [4.78, 5) is 15.2. The minimum Gasteiger partial charge on any atom is -0.369 e. The van der Waals surface area contributed by atoms with Crippen LogP contribution in [0.3, 0.4) is 0 Å². The third-order valence-electron chi connectivity index (χ3n) is 2.31. The number of anilines is 1. The third kappa shape index (κ3) is 2.95. The molecule has 0 fully saturated rings. The van der Waals surface area contributed by atoms with Gasteiger partial charge >= 0.3 is 6.01 Å².